The van der Waals surface area contributed by atoms with Gasteiger partial charge < -0.3 is 10.1 Å². The van der Waals surface area contributed by atoms with E-state index >= 15 is 0 Å². The van der Waals surface area contributed by atoms with Gasteiger partial charge in [0.2, 0.25) is 0 Å². The van der Waals surface area contributed by atoms with Gasteiger partial charge in [-0.1, -0.05) is 49.9 Å². The van der Waals surface area contributed by atoms with Crippen molar-refractivity contribution in [2.75, 3.05) is 0 Å². The zero-order valence-electron chi connectivity index (χ0n) is 18.4. The van der Waals surface area contributed by atoms with Gasteiger partial charge in [0, 0.05) is 40.1 Å². The molecule has 0 amide bonds. The summed E-state index contributed by atoms with van der Waals surface area (Å²) in [6.07, 6.45) is 8.43. The minimum Gasteiger partial charge on any atom is -0.453 e. The van der Waals surface area contributed by atoms with Gasteiger partial charge >= 0.3 is 0 Å². The fourth-order valence-electron chi connectivity index (χ4n) is 2.89. The van der Waals surface area contributed by atoms with E-state index in [0.717, 1.165) is 33.5 Å². The lowest BCUT2D eigenvalue weighted by atomic mass is 10.1. The number of para-hydroxylation sites is 1. The first-order chi connectivity index (χ1) is 15.0. The molecule has 1 aromatic carbocycles. The number of aliphatic imine (C=N–C) groups is 1. The molecule has 0 radical (unpaired) electrons. The van der Waals surface area contributed by atoms with Crippen LogP contribution in [-0.4, -0.2) is 15.8 Å². The largest absolute Gasteiger partial charge is 0.453 e. The predicted octanol–water partition coefficient (Wildman–Crippen LogP) is 7.01. The Labute approximate surface area is 188 Å². The first kappa shape index (κ1) is 22.6. The Hall–Kier alpha value is -3.12. The Morgan fingerprint density at radius 1 is 1.13 bits per heavy atom. The molecule has 160 valence electrons. The van der Waals surface area contributed by atoms with E-state index in [2.05, 4.69) is 35.2 Å². The maximum atomic E-state index is 6.15. The maximum absolute atomic E-state index is 6.15. The summed E-state index contributed by atoms with van der Waals surface area (Å²) in [6.45, 7) is 8.37. The molecule has 0 aliphatic rings. The molecule has 0 bridgehead atoms. The number of aromatic nitrogens is 2. The van der Waals surface area contributed by atoms with E-state index in [4.69, 9.17) is 9.73 Å². The van der Waals surface area contributed by atoms with Crippen LogP contribution in [0, 0.1) is 5.92 Å². The number of rotatable bonds is 8. The highest BCUT2D eigenvalue weighted by Crippen LogP contribution is 2.36. The van der Waals surface area contributed by atoms with Gasteiger partial charge in [0.05, 0.1) is 0 Å². The number of hydrogen-bond donors (Lipinski definition) is 1. The van der Waals surface area contributed by atoms with Gasteiger partial charge in [0.25, 0.3) is 0 Å². The van der Waals surface area contributed by atoms with E-state index in [0.29, 0.717) is 17.5 Å². The third kappa shape index (κ3) is 7.26. The Kier molecular flexibility index (Phi) is 8.24. The van der Waals surface area contributed by atoms with E-state index < -0.39 is 0 Å². The summed E-state index contributed by atoms with van der Waals surface area (Å²) < 4.78 is 6.15. The molecule has 0 fully saturated rings. The van der Waals surface area contributed by atoms with Crippen LogP contribution in [0.15, 0.2) is 93.7 Å². The molecule has 6 heteroatoms. The van der Waals surface area contributed by atoms with Crippen molar-refractivity contribution in [1.29, 1.82) is 0 Å². The molecule has 2 heterocycles. The molecule has 0 atom stereocenters. The number of amidine groups is 1. The first-order valence-electron chi connectivity index (χ1n) is 10.3. The monoisotopic (exact) mass is 432 g/mol. The lowest BCUT2D eigenvalue weighted by molar-refractivity contribution is 0.480. The lowest BCUT2D eigenvalue weighted by Gasteiger charge is -2.14. The normalized spacial score (nSPS) is 12.2. The number of hydrogen-bond acceptors (Lipinski definition) is 5. The van der Waals surface area contributed by atoms with Crippen LogP contribution in [-0.2, 0) is 0 Å². The summed E-state index contributed by atoms with van der Waals surface area (Å²) in [4.78, 5) is 15.4. The van der Waals surface area contributed by atoms with E-state index in [-0.39, 0.29) is 0 Å². The summed E-state index contributed by atoms with van der Waals surface area (Å²) in [5, 5.41) is 3.40. The van der Waals surface area contributed by atoms with Gasteiger partial charge in [-0.25, -0.2) is 9.98 Å². The molecule has 0 saturated heterocycles. The highest BCUT2D eigenvalue weighted by molar-refractivity contribution is 7.99. The van der Waals surface area contributed by atoms with Gasteiger partial charge in [-0.15, -0.1) is 0 Å². The second-order valence-corrected chi connectivity index (χ2v) is 8.57. The van der Waals surface area contributed by atoms with Crippen LogP contribution < -0.4 is 10.1 Å². The van der Waals surface area contributed by atoms with Crippen molar-refractivity contribution < 1.29 is 4.74 Å². The number of benzene rings is 1. The molecule has 3 aromatic rings. The molecule has 3 rings (SSSR count). The molecule has 0 saturated carbocycles. The standard InChI is InChI=1S/C25H28N4OS/c1-5-20(15-18(2)3)28-19(4)29-25-24(30-21-9-7-6-8-10-21)16-23(17-27-25)31-22-11-13-26-14-12-22/h5-14,16-18H,15H2,1-4H3,(H,27,28,29)/b20-5-. The number of nitrogens with zero attached hydrogens (tertiary/aromatic N) is 3. The summed E-state index contributed by atoms with van der Waals surface area (Å²) >= 11 is 1.61. The lowest BCUT2D eigenvalue weighted by Crippen LogP contribution is -2.20. The summed E-state index contributed by atoms with van der Waals surface area (Å²) in [7, 11) is 0. The van der Waals surface area contributed by atoms with Crippen LogP contribution in [0.25, 0.3) is 0 Å². The molecule has 0 unspecified atom stereocenters. The molecule has 0 aliphatic carbocycles. The predicted molar refractivity (Wildman–Crippen MR) is 128 cm³/mol. The minimum atomic E-state index is 0.535. The molecule has 0 aliphatic heterocycles. The fraction of sp³-hybridized carbons (Fsp3) is 0.240. The topological polar surface area (TPSA) is 59.4 Å². The van der Waals surface area contributed by atoms with Crippen LogP contribution in [0.2, 0.25) is 0 Å². The van der Waals surface area contributed by atoms with E-state index in [1.165, 1.54) is 0 Å². The summed E-state index contributed by atoms with van der Waals surface area (Å²) in [5.41, 5.74) is 1.15. The van der Waals surface area contributed by atoms with E-state index in [1.54, 1.807) is 24.2 Å². The van der Waals surface area contributed by atoms with Gasteiger partial charge in [-0.05, 0) is 50.5 Å². The SMILES string of the molecule is C/C=C(/CC(C)C)N/C(C)=N/c1ncc(Sc2ccncc2)cc1Oc1ccccc1. The zero-order valence-corrected chi connectivity index (χ0v) is 19.2. The highest BCUT2D eigenvalue weighted by atomic mass is 32.2. The highest BCUT2D eigenvalue weighted by Gasteiger charge is 2.11. The quantitative estimate of drug-likeness (QED) is 0.306. The van der Waals surface area contributed by atoms with Crippen molar-refractivity contribution in [3.05, 3.63) is 78.9 Å². The Morgan fingerprint density at radius 2 is 1.87 bits per heavy atom. The van der Waals surface area contributed by atoms with Crippen molar-refractivity contribution in [3.8, 4) is 11.5 Å². The summed E-state index contributed by atoms with van der Waals surface area (Å²) in [6, 6.07) is 15.6. The Bertz CT molecular complexity index is 1030. The third-order valence-electron chi connectivity index (χ3n) is 4.26. The fourth-order valence-corrected chi connectivity index (χ4v) is 3.69. The number of nitrogens with one attached hydrogen (secondary N) is 1. The molecular weight excluding hydrogens is 404 g/mol. The number of allylic oxidation sites excluding steroid dienone is 2. The van der Waals surface area contributed by atoms with Crippen molar-refractivity contribution in [1.82, 2.24) is 15.3 Å². The summed E-state index contributed by atoms with van der Waals surface area (Å²) in [5.74, 6) is 3.22. The van der Waals surface area contributed by atoms with Gasteiger partial charge in [-0.3, -0.25) is 4.98 Å². The average molecular weight is 433 g/mol. The molecule has 0 spiro atoms. The smallest absolute Gasteiger partial charge is 0.197 e. The van der Waals surface area contributed by atoms with Crippen LogP contribution in [0.1, 0.15) is 34.1 Å². The number of pyridine rings is 2. The molecule has 1 N–H and O–H groups in total. The average Bonchev–Trinajstić information content (AvgIpc) is 2.76. The molecule has 2 aromatic heterocycles. The van der Waals surface area contributed by atoms with Gasteiger partial charge in [0.15, 0.2) is 11.6 Å². The van der Waals surface area contributed by atoms with E-state index in [1.807, 2.05) is 68.6 Å². The van der Waals surface area contributed by atoms with Crippen LogP contribution in [0.4, 0.5) is 5.82 Å². The van der Waals surface area contributed by atoms with Gasteiger partial charge in [0.1, 0.15) is 11.6 Å². The van der Waals surface area contributed by atoms with Crippen molar-refractivity contribution in [2.24, 2.45) is 10.9 Å². The minimum absolute atomic E-state index is 0.535. The van der Waals surface area contributed by atoms with E-state index in [9.17, 15) is 0 Å². The molecule has 31 heavy (non-hydrogen) atoms. The first-order valence-corrected chi connectivity index (χ1v) is 11.1. The molecule has 5 nitrogen and oxygen atoms in total. The Morgan fingerprint density at radius 3 is 2.55 bits per heavy atom. The second-order valence-electron chi connectivity index (χ2n) is 7.43. The van der Waals surface area contributed by atoms with Crippen LogP contribution in [0.3, 0.4) is 0 Å². The van der Waals surface area contributed by atoms with Gasteiger partial charge in [-0.2, -0.15) is 0 Å². The molecular formula is C25H28N4OS. The third-order valence-corrected chi connectivity index (χ3v) is 5.22. The second kappa shape index (κ2) is 11.3. The van der Waals surface area contributed by atoms with Crippen molar-refractivity contribution in [2.45, 2.75) is 43.9 Å². The van der Waals surface area contributed by atoms with Crippen LogP contribution in [0.5, 0.6) is 11.5 Å². The van der Waals surface area contributed by atoms with Crippen molar-refractivity contribution >= 4 is 23.4 Å². The number of ether oxygens (including phenoxy) is 1. The van der Waals surface area contributed by atoms with Crippen LogP contribution >= 0.6 is 11.8 Å². The Balaban J connectivity index is 1.88. The zero-order chi connectivity index (χ0) is 22.1. The van der Waals surface area contributed by atoms with Crippen molar-refractivity contribution in [3.63, 3.8) is 0 Å². The maximum Gasteiger partial charge on any atom is 0.197 e.